The molecule has 0 heterocycles. The van der Waals surface area contributed by atoms with Gasteiger partial charge in [-0.25, -0.2) is 0 Å². The van der Waals surface area contributed by atoms with Crippen molar-refractivity contribution in [3.8, 4) is 143 Å². The third-order valence-electron chi connectivity index (χ3n) is 10.00. The van der Waals surface area contributed by atoms with E-state index in [1.165, 1.54) is 44.9 Å². The Morgan fingerprint density at radius 1 is 0.455 bits per heavy atom. The third kappa shape index (κ3) is 16.7. The number of fused-ring (bicyclic) bond motifs is 2. The van der Waals surface area contributed by atoms with Gasteiger partial charge in [0, 0.05) is 59.4 Å². The predicted octanol–water partition coefficient (Wildman–Crippen LogP) is 9.43. The number of nitrogens with two attached hydrogens (primary N) is 2. The molecular formula is C58H42Cl2N2P2RuS+4. The van der Waals surface area contributed by atoms with Gasteiger partial charge in [0.1, 0.15) is 33.3 Å². The maximum atomic E-state index is 6.15. The molecule has 0 saturated heterocycles. The van der Waals surface area contributed by atoms with Gasteiger partial charge in [-0.1, -0.05) is 84.6 Å². The molecule has 0 radical (unpaired) electrons. The monoisotopic (exact) mass is 1030 g/mol. The summed E-state index contributed by atoms with van der Waals surface area (Å²) in [6.45, 7) is 0. The van der Waals surface area contributed by atoms with Crippen molar-refractivity contribution in [3.63, 3.8) is 0 Å². The van der Waals surface area contributed by atoms with Crippen LogP contribution in [0.2, 0.25) is 0 Å². The Balaban J connectivity index is 0.000000414. The molecule has 2 aliphatic rings. The molecule has 2 aliphatic carbocycles. The number of terminal acetylenes is 4. The van der Waals surface area contributed by atoms with Crippen molar-refractivity contribution in [3.05, 3.63) is 118 Å². The first-order valence-corrected chi connectivity index (χ1v) is 28.8. The zero-order chi connectivity index (χ0) is 47.2. The number of rotatable bonds is 7. The zero-order valence-electron chi connectivity index (χ0n) is 35.9. The van der Waals surface area contributed by atoms with E-state index in [1.807, 2.05) is 72.4 Å². The second kappa shape index (κ2) is 31.0. The maximum absolute atomic E-state index is 6.15. The van der Waals surface area contributed by atoms with E-state index in [1.54, 1.807) is 0 Å². The molecule has 0 saturated carbocycles. The molecule has 4 N–H and O–H groups in total. The molecule has 0 bridgehead atoms. The van der Waals surface area contributed by atoms with E-state index in [4.69, 9.17) is 56.5 Å². The van der Waals surface area contributed by atoms with E-state index in [0.29, 0.717) is 0 Å². The van der Waals surface area contributed by atoms with E-state index >= 15 is 0 Å². The van der Waals surface area contributed by atoms with Crippen molar-refractivity contribution < 1.29 is 15.1 Å². The summed E-state index contributed by atoms with van der Waals surface area (Å²) in [6, 6.07) is 28.4. The van der Waals surface area contributed by atoms with Gasteiger partial charge in [0.15, 0.2) is 15.8 Å². The van der Waals surface area contributed by atoms with Gasteiger partial charge in [0.25, 0.3) is 0 Å². The van der Waals surface area contributed by atoms with Crippen LogP contribution in [0.25, 0.3) is 0 Å². The Bertz CT molecular complexity index is 2750. The van der Waals surface area contributed by atoms with Gasteiger partial charge in [0.05, 0.1) is 9.79 Å². The molecule has 4 aromatic rings. The molecule has 0 fully saturated rings. The van der Waals surface area contributed by atoms with Crippen molar-refractivity contribution in [2.45, 2.75) is 73.2 Å². The Hall–Kier alpha value is -6.07. The van der Waals surface area contributed by atoms with Crippen molar-refractivity contribution in [1.82, 2.24) is 0 Å². The van der Waals surface area contributed by atoms with Crippen LogP contribution in [0, 0.1) is 143 Å². The first-order chi connectivity index (χ1) is 32.4. The van der Waals surface area contributed by atoms with Crippen LogP contribution in [-0.2, 0) is 40.8 Å². The number of hydrogen-bond donors (Lipinski definition) is 2. The first-order valence-electron chi connectivity index (χ1n) is 20.5. The van der Waals surface area contributed by atoms with Crippen LogP contribution in [0.4, 0.5) is 0 Å². The Morgan fingerprint density at radius 2 is 0.773 bits per heavy atom. The Morgan fingerprint density at radius 3 is 1.09 bits per heavy atom. The molecule has 2 nitrogen and oxygen atoms in total. The normalized spacial score (nSPS) is 11.6. The van der Waals surface area contributed by atoms with E-state index < -0.39 is 15.8 Å². The molecule has 66 heavy (non-hydrogen) atoms. The van der Waals surface area contributed by atoms with Crippen LogP contribution >= 0.6 is 47.0 Å². The van der Waals surface area contributed by atoms with E-state index in [-0.39, 0.29) is 27.2 Å². The summed E-state index contributed by atoms with van der Waals surface area (Å²) in [4.78, 5) is 2.41. The average molecular weight is 1030 g/mol. The molecule has 4 aromatic carbocycles. The number of aryl methyl sites for hydroxylation is 2. The number of halogens is 2. The van der Waals surface area contributed by atoms with E-state index in [0.717, 1.165) is 60.3 Å². The molecule has 2 unspecified atom stereocenters. The third-order valence-corrected chi connectivity index (χ3v) is 15.1. The van der Waals surface area contributed by atoms with Gasteiger partial charge in [-0.05, 0) is 144 Å². The van der Waals surface area contributed by atoms with Gasteiger partial charge in [-0.15, -0.1) is 25.7 Å². The van der Waals surface area contributed by atoms with Crippen LogP contribution in [-0.4, -0.2) is 0 Å². The van der Waals surface area contributed by atoms with Crippen molar-refractivity contribution in [2.24, 2.45) is 11.5 Å². The standard InChI is InChI=1S/C44H24P2S.C14H16N2.2ClH.Ru/c1-5-9-13-21-33-45(34-22-14-10-6-2)41-31-29-37-25-17-19-27-39(37)43(41)47-44-40-28-20-18-26-38(40)30-32-42(44)46(35-23-15-11-7-3)36-24-16-12-8-4;15-13(11-7-3-1-4-8-11)14(16)12-9-5-2-6-10-12;;;/h1-4,29-32H,17-20,25-28H2;1-10,13-14H,15-16H2;2*1H;/q;;;;+4. The average Bonchev–Trinajstić information content (AvgIpc) is 3.36. The molecule has 0 spiro atoms. The summed E-state index contributed by atoms with van der Waals surface area (Å²) in [5, 5.41) is 2.21. The van der Waals surface area contributed by atoms with Crippen molar-refractivity contribution in [1.29, 1.82) is 0 Å². The van der Waals surface area contributed by atoms with Crippen LogP contribution in [0.15, 0.2) is 94.7 Å². The van der Waals surface area contributed by atoms with Crippen LogP contribution in [0.3, 0.4) is 0 Å². The van der Waals surface area contributed by atoms with Crippen molar-refractivity contribution in [2.75, 3.05) is 0 Å². The molecule has 0 amide bonds. The minimum atomic E-state index is -1.76. The van der Waals surface area contributed by atoms with Crippen LogP contribution in [0.5, 0.6) is 0 Å². The second-order valence-corrected chi connectivity index (χ2v) is 21.2. The van der Waals surface area contributed by atoms with Gasteiger partial charge in [0.2, 0.25) is 0 Å². The molecule has 0 aromatic heterocycles. The molecule has 8 heteroatoms. The SMILES string of the molecule is C#CC#CC#C[PH+](C#CC#CC#C)c1ccc2c(c1Sc1c([PH+](C#CC#CC#C)C#CC#CC#C)ccc3c1CCCC3)CCCC2.NC(c1ccccc1)C(N)c1ccccc1.[Cl][Ru+2][Cl]. The predicted molar refractivity (Wildman–Crippen MR) is 282 cm³/mol. The summed E-state index contributed by atoms with van der Waals surface area (Å²) in [6.07, 6.45) is 30.0. The number of benzene rings is 4. The first kappa shape index (κ1) is 52.6. The van der Waals surface area contributed by atoms with E-state index in [2.05, 4.69) is 142 Å². The fourth-order valence-electron chi connectivity index (χ4n) is 7.06. The summed E-state index contributed by atoms with van der Waals surface area (Å²) >= 11 is 1.46. The zero-order valence-corrected chi connectivity index (χ0v) is 41.9. The Kier molecular flexibility index (Phi) is 24.7. The van der Waals surface area contributed by atoms with Crippen LogP contribution in [0.1, 0.15) is 71.1 Å². The summed E-state index contributed by atoms with van der Waals surface area (Å²) in [5.74, 6) is 42.5. The Labute approximate surface area is 415 Å². The summed E-state index contributed by atoms with van der Waals surface area (Å²) in [7, 11) is 6.18. The molecule has 0 aliphatic heterocycles. The fourth-order valence-corrected chi connectivity index (χ4v) is 11.9. The van der Waals surface area contributed by atoms with Gasteiger partial charge >= 0.3 is 34.5 Å². The van der Waals surface area contributed by atoms with Crippen LogP contribution < -0.4 is 22.1 Å². The molecular weight excluding hydrogens is 991 g/mol. The van der Waals surface area contributed by atoms with Gasteiger partial charge < -0.3 is 11.5 Å². The molecule has 2 atom stereocenters. The quantitative estimate of drug-likeness (QED) is 0.110. The number of hydrogen-bond acceptors (Lipinski definition) is 3. The second-order valence-electron chi connectivity index (χ2n) is 13.9. The summed E-state index contributed by atoms with van der Waals surface area (Å²) in [5.41, 5.74) is 33.2. The summed E-state index contributed by atoms with van der Waals surface area (Å²) < 4.78 is 0. The molecule has 318 valence electrons. The minimum absolute atomic E-state index is 0.163. The van der Waals surface area contributed by atoms with Gasteiger partial charge in [-0.2, -0.15) is 0 Å². The van der Waals surface area contributed by atoms with E-state index in [9.17, 15) is 0 Å². The fraction of sp³-hybridized carbons (Fsp3) is 0.172. The molecule has 6 rings (SSSR count). The van der Waals surface area contributed by atoms with Gasteiger partial charge in [-0.3, -0.25) is 0 Å². The van der Waals surface area contributed by atoms with Crippen molar-refractivity contribution >= 4 is 57.6 Å². The topological polar surface area (TPSA) is 52.0 Å².